The van der Waals surface area contributed by atoms with Crippen molar-refractivity contribution in [3.8, 4) is 0 Å². The summed E-state index contributed by atoms with van der Waals surface area (Å²) in [5.74, 6) is -1.82. The van der Waals surface area contributed by atoms with Gasteiger partial charge in [-0.25, -0.2) is 8.42 Å². The Bertz CT molecular complexity index is 882. The zero-order valence-electron chi connectivity index (χ0n) is 14.5. The van der Waals surface area contributed by atoms with Crippen molar-refractivity contribution in [2.45, 2.75) is 56.1 Å². The lowest BCUT2D eigenvalue weighted by Crippen LogP contribution is -2.66. The molecule has 9 heteroatoms. The molecule has 1 aromatic carbocycles. The van der Waals surface area contributed by atoms with Gasteiger partial charge >= 0.3 is 12.1 Å². The maximum absolute atomic E-state index is 13.0. The zero-order chi connectivity index (χ0) is 19.7. The van der Waals surface area contributed by atoms with Crippen LogP contribution in [0.3, 0.4) is 0 Å². The van der Waals surface area contributed by atoms with Crippen molar-refractivity contribution in [1.29, 1.82) is 0 Å². The predicted molar refractivity (Wildman–Crippen MR) is 90.5 cm³/mol. The van der Waals surface area contributed by atoms with E-state index in [9.17, 15) is 26.4 Å². The molecule has 1 amide bonds. The molecule has 144 valence electrons. The van der Waals surface area contributed by atoms with E-state index in [0.29, 0.717) is 6.42 Å². The molecule has 2 bridgehead atoms. The summed E-state index contributed by atoms with van der Waals surface area (Å²) in [6, 6.07) is 3.85. The molecule has 26 heavy (non-hydrogen) atoms. The topological polar surface area (TPSA) is 54.5 Å². The molecule has 0 radical (unpaired) electrons. The fraction of sp³-hybridized carbons (Fsp3) is 0.588. The van der Waals surface area contributed by atoms with E-state index < -0.39 is 38.0 Å². The standard InChI is InChI=1S/C17H19ClF3NO3S/c1-15(2)13-8-10-4-5-11(26(18,24)25)9-12(10)16(15,3)6-7-22(13)14(23)17(19,20)21/h4-5,9,13H,6-8H2,1-3H3/t13-,16+/m1/s1. The third kappa shape index (κ3) is 2.72. The van der Waals surface area contributed by atoms with Gasteiger partial charge in [0.2, 0.25) is 0 Å². The summed E-state index contributed by atoms with van der Waals surface area (Å²) in [5, 5.41) is 0. The molecule has 4 nitrogen and oxygen atoms in total. The van der Waals surface area contributed by atoms with Crippen LogP contribution in [0, 0.1) is 5.41 Å². The first-order valence-electron chi connectivity index (χ1n) is 8.15. The molecule has 3 rings (SSSR count). The van der Waals surface area contributed by atoms with Crippen LogP contribution in [0.1, 0.15) is 38.3 Å². The summed E-state index contributed by atoms with van der Waals surface area (Å²) in [6.45, 7) is 5.55. The maximum Gasteiger partial charge on any atom is 0.471 e. The van der Waals surface area contributed by atoms with Gasteiger partial charge in [0, 0.05) is 28.7 Å². The first-order chi connectivity index (χ1) is 11.7. The molecule has 0 N–H and O–H groups in total. The summed E-state index contributed by atoms with van der Waals surface area (Å²) < 4.78 is 62.4. The second kappa shape index (κ2) is 5.61. The Morgan fingerprint density at radius 1 is 1.27 bits per heavy atom. The van der Waals surface area contributed by atoms with E-state index in [1.807, 2.05) is 20.8 Å². The van der Waals surface area contributed by atoms with Crippen LogP contribution in [0.15, 0.2) is 23.1 Å². The Morgan fingerprint density at radius 2 is 1.88 bits per heavy atom. The first-order valence-corrected chi connectivity index (χ1v) is 10.5. The smallest absolute Gasteiger partial charge is 0.331 e. The highest BCUT2D eigenvalue weighted by molar-refractivity contribution is 8.13. The average Bonchev–Trinajstić information content (AvgIpc) is 2.48. The van der Waals surface area contributed by atoms with Crippen molar-refractivity contribution in [3.05, 3.63) is 29.3 Å². The lowest BCUT2D eigenvalue weighted by molar-refractivity contribution is -0.195. The van der Waals surface area contributed by atoms with Crippen molar-refractivity contribution < 1.29 is 26.4 Å². The number of benzene rings is 1. The van der Waals surface area contributed by atoms with Crippen LogP contribution in [0.4, 0.5) is 13.2 Å². The molecule has 0 spiro atoms. The molecule has 1 heterocycles. The highest BCUT2D eigenvalue weighted by atomic mass is 35.7. The Morgan fingerprint density at radius 3 is 2.42 bits per heavy atom. The van der Waals surface area contributed by atoms with Crippen LogP contribution < -0.4 is 0 Å². The van der Waals surface area contributed by atoms with Gasteiger partial charge in [0.15, 0.2) is 0 Å². The summed E-state index contributed by atoms with van der Waals surface area (Å²) in [6.07, 6.45) is -4.37. The van der Waals surface area contributed by atoms with Crippen LogP contribution in [-0.2, 0) is 25.7 Å². The van der Waals surface area contributed by atoms with Crippen LogP contribution in [0.5, 0.6) is 0 Å². The Kier molecular flexibility index (Phi) is 4.20. The minimum Gasteiger partial charge on any atom is -0.331 e. The van der Waals surface area contributed by atoms with Gasteiger partial charge in [0.05, 0.1) is 4.90 Å². The number of halogens is 4. The van der Waals surface area contributed by atoms with Crippen molar-refractivity contribution in [2.24, 2.45) is 5.41 Å². The fourth-order valence-corrected chi connectivity index (χ4v) is 5.22. The van der Waals surface area contributed by atoms with Gasteiger partial charge in [0.1, 0.15) is 0 Å². The van der Waals surface area contributed by atoms with Crippen LogP contribution >= 0.6 is 10.7 Å². The van der Waals surface area contributed by atoms with Crippen LogP contribution in [-0.4, -0.2) is 38.0 Å². The molecular formula is C17H19ClF3NO3S. The molecule has 0 unspecified atom stereocenters. The zero-order valence-corrected chi connectivity index (χ0v) is 16.1. The van der Waals surface area contributed by atoms with Gasteiger partial charge in [-0.05, 0) is 41.5 Å². The van der Waals surface area contributed by atoms with Gasteiger partial charge in [-0.1, -0.05) is 26.8 Å². The van der Waals surface area contributed by atoms with Gasteiger partial charge in [0.25, 0.3) is 9.05 Å². The summed E-state index contributed by atoms with van der Waals surface area (Å²) in [7, 11) is 1.55. The number of carbonyl (C=O) groups is 1. The van der Waals surface area contributed by atoms with Gasteiger partial charge in [-0.15, -0.1) is 0 Å². The van der Waals surface area contributed by atoms with Crippen molar-refractivity contribution in [3.63, 3.8) is 0 Å². The third-order valence-corrected chi connectivity index (χ3v) is 7.71. The summed E-state index contributed by atoms with van der Waals surface area (Å²) in [4.78, 5) is 12.8. The quantitative estimate of drug-likeness (QED) is 0.666. The Hall–Kier alpha value is -1.28. The fourth-order valence-electron chi connectivity index (χ4n) is 4.44. The van der Waals surface area contributed by atoms with E-state index in [1.165, 1.54) is 12.1 Å². The number of nitrogens with zero attached hydrogens (tertiary/aromatic N) is 1. The summed E-state index contributed by atoms with van der Waals surface area (Å²) in [5.41, 5.74) is 0.277. The molecule has 1 saturated heterocycles. The Balaban J connectivity index is 2.14. The molecule has 0 saturated carbocycles. The highest BCUT2D eigenvalue weighted by Gasteiger charge is 2.59. The van der Waals surface area contributed by atoms with E-state index in [-0.39, 0.29) is 17.9 Å². The number of amides is 1. The molecule has 1 aliphatic carbocycles. The SMILES string of the molecule is CC1(C)[C@H]2Cc3ccc(S(=O)(=O)Cl)cc3[C@]1(C)CCN2C(=O)C(F)(F)F. The second-order valence-corrected chi connectivity index (χ2v) is 10.3. The summed E-state index contributed by atoms with van der Waals surface area (Å²) >= 11 is 0. The van der Waals surface area contributed by atoms with Crippen LogP contribution in [0.25, 0.3) is 0 Å². The second-order valence-electron chi connectivity index (χ2n) is 7.78. The first kappa shape index (κ1) is 19.5. The largest absolute Gasteiger partial charge is 0.471 e. The number of fused-ring (bicyclic) bond motifs is 4. The van der Waals surface area contributed by atoms with E-state index >= 15 is 0 Å². The number of hydrogen-bond donors (Lipinski definition) is 0. The minimum atomic E-state index is -4.92. The molecule has 2 aliphatic rings. The van der Waals surface area contributed by atoms with Gasteiger partial charge in [-0.3, -0.25) is 4.79 Å². The van der Waals surface area contributed by atoms with Crippen molar-refractivity contribution in [2.75, 3.05) is 6.54 Å². The Labute approximate surface area is 154 Å². The molecular weight excluding hydrogens is 391 g/mol. The monoisotopic (exact) mass is 409 g/mol. The lowest BCUT2D eigenvalue weighted by atomic mass is 9.51. The maximum atomic E-state index is 13.0. The van der Waals surface area contributed by atoms with E-state index in [2.05, 4.69) is 0 Å². The molecule has 0 aromatic heterocycles. The van der Waals surface area contributed by atoms with Crippen LogP contribution in [0.2, 0.25) is 0 Å². The molecule has 2 atom stereocenters. The number of carbonyl (C=O) groups excluding carboxylic acids is 1. The van der Waals surface area contributed by atoms with E-state index in [4.69, 9.17) is 10.7 Å². The number of rotatable bonds is 1. The average molecular weight is 410 g/mol. The minimum absolute atomic E-state index is 0.0258. The van der Waals surface area contributed by atoms with Gasteiger partial charge in [-0.2, -0.15) is 13.2 Å². The number of hydrogen-bond acceptors (Lipinski definition) is 3. The third-order valence-electron chi connectivity index (χ3n) is 6.36. The number of piperidine rings is 1. The van der Waals surface area contributed by atoms with Gasteiger partial charge < -0.3 is 4.90 Å². The molecule has 1 fully saturated rings. The lowest BCUT2D eigenvalue weighted by Gasteiger charge is -2.60. The number of alkyl halides is 3. The van der Waals surface area contributed by atoms with E-state index in [1.54, 1.807) is 6.07 Å². The van der Waals surface area contributed by atoms with E-state index in [0.717, 1.165) is 16.0 Å². The number of likely N-dealkylation sites (tertiary alicyclic amines) is 1. The molecule has 1 aromatic rings. The molecule has 1 aliphatic heterocycles. The highest BCUT2D eigenvalue weighted by Crippen LogP contribution is 2.56. The van der Waals surface area contributed by atoms with Crippen molar-refractivity contribution >= 4 is 25.6 Å². The normalized spacial score (nSPS) is 27.8. The predicted octanol–water partition coefficient (Wildman–Crippen LogP) is 3.62. The van der Waals surface area contributed by atoms with Crippen molar-refractivity contribution in [1.82, 2.24) is 4.90 Å².